The lowest BCUT2D eigenvalue weighted by Gasteiger charge is -2.60. The smallest absolute Gasteiger partial charge is 0.0828 e. The van der Waals surface area contributed by atoms with Gasteiger partial charge >= 0.3 is 0 Å². The lowest BCUT2D eigenvalue weighted by Crippen LogP contribution is -2.67. The van der Waals surface area contributed by atoms with Gasteiger partial charge in [-0.2, -0.15) is 0 Å². The van der Waals surface area contributed by atoms with E-state index >= 15 is 0 Å². The second-order valence-corrected chi connectivity index (χ2v) is 9.76. The molecule has 2 nitrogen and oxygen atoms in total. The molecule has 6 aliphatic carbocycles. The Hall–Kier alpha value is -0.0800. The standard InChI is InChI=1S/C20H33NO/c22-20-7-2-1-4-17(20)5-3-6-18(20)21-19-11-14-8-15(12-19)10-16(9-14)13-19/h14-18,21-22H,1-13H2/t14?,15?,16?,17-,18?,19?,20-/m1/s1. The summed E-state index contributed by atoms with van der Waals surface area (Å²) in [6, 6.07) is 0.391. The summed E-state index contributed by atoms with van der Waals surface area (Å²) in [7, 11) is 0. The summed E-state index contributed by atoms with van der Waals surface area (Å²) in [5.41, 5.74) is 0.0360. The molecule has 0 aromatic heterocycles. The SMILES string of the molecule is O[C@]12CCCC[C@@H]1CCCC2NC12CC3CC(CC(C3)C1)C2. The maximum Gasteiger partial charge on any atom is 0.0828 e. The van der Waals surface area contributed by atoms with Gasteiger partial charge < -0.3 is 10.4 Å². The largest absolute Gasteiger partial charge is 0.388 e. The zero-order valence-electron chi connectivity index (χ0n) is 14.0. The quantitative estimate of drug-likeness (QED) is 0.807. The molecular formula is C20H33NO. The predicted molar refractivity (Wildman–Crippen MR) is 88.6 cm³/mol. The van der Waals surface area contributed by atoms with Crippen LogP contribution in [0.3, 0.4) is 0 Å². The summed E-state index contributed by atoms with van der Waals surface area (Å²) >= 11 is 0. The molecule has 6 fully saturated rings. The molecule has 2 heteroatoms. The van der Waals surface area contributed by atoms with Crippen LogP contribution in [0.25, 0.3) is 0 Å². The van der Waals surface area contributed by atoms with E-state index in [1.54, 1.807) is 0 Å². The van der Waals surface area contributed by atoms with Gasteiger partial charge in [0.15, 0.2) is 0 Å². The van der Waals surface area contributed by atoms with Crippen LogP contribution in [0, 0.1) is 23.7 Å². The van der Waals surface area contributed by atoms with Gasteiger partial charge in [0.05, 0.1) is 5.60 Å². The molecule has 1 unspecified atom stereocenters. The molecule has 0 radical (unpaired) electrons. The minimum absolute atomic E-state index is 0.375. The third-order valence-corrected chi connectivity index (χ3v) is 8.25. The zero-order valence-corrected chi connectivity index (χ0v) is 14.0. The van der Waals surface area contributed by atoms with Crippen molar-refractivity contribution in [3.05, 3.63) is 0 Å². The van der Waals surface area contributed by atoms with Crippen molar-refractivity contribution in [3.8, 4) is 0 Å². The Labute approximate surface area is 135 Å². The number of aliphatic hydroxyl groups is 1. The van der Waals surface area contributed by atoms with Crippen molar-refractivity contribution in [2.24, 2.45) is 23.7 Å². The van der Waals surface area contributed by atoms with E-state index < -0.39 is 0 Å². The van der Waals surface area contributed by atoms with Gasteiger partial charge in [0.25, 0.3) is 0 Å². The molecule has 0 heterocycles. The van der Waals surface area contributed by atoms with Crippen LogP contribution < -0.4 is 5.32 Å². The van der Waals surface area contributed by atoms with Crippen molar-refractivity contribution in [2.45, 2.75) is 101 Å². The van der Waals surface area contributed by atoms with Gasteiger partial charge in [0.2, 0.25) is 0 Å². The highest BCUT2D eigenvalue weighted by Gasteiger charge is 2.55. The van der Waals surface area contributed by atoms with Crippen LogP contribution >= 0.6 is 0 Å². The lowest BCUT2D eigenvalue weighted by molar-refractivity contribution is -0.119. The molecule has 4 bridgehead atoms. The molecule has 0 aromatic carbocycles. The van der Waals surface area contributed by atoms with Crippen LogP contribution in [0.4, 0.5) is 0 Å². The Morgan fingerprint density at radius 1 is 0.773 bits per heavy atom. The molecule has 3 atom stereocenters. The molecule has 0 saturated heterocycles. The molecule has 0 aromatic rings. The third-order valence-electron chi connectivity index (χ3n) is 8.25. The van der Waals surface area contributed by atoms with Crippen LogP contribution in [-0.2, 0) is 0 Å². The van der Waals surface area contributed by atoms with E-state index in [4.69, 9.17) is 0 Å². The average Bonchev–Trinajstić information content (AvgIpc) is 2.46. The Morgan fingerprint density at radius 2 is 1.41 bits per heavy atom. The average molecular weight is 303 g/mol. The fraction of sp³-hybridized carbons (Fsp3) is 1.00. The first-order chi connectivity index (χ1) is 10.7. The second-order valence-electron chi connectivity index (χ2n) is 9.76. The minimum Gasteiger partial charge on any atom is -0.388 e. The van der Waals surface area contributed by atoms with Crippen molar-refractivity contribution in [1.29, 1.82) is 0 Å². The highest BCUT2D eigenvalue weighted by molar-refractivity contribution is 5.11. The number of fused-ring (bicyclic) bond motifs is 1. The van der Waals surface area contributed by atoms with Gasteiger partial charge in [-0.3, -0.25) is 0 Å². The fourth-order valence-electron chi connectivity index (χ4n) is 7.78. The van der Waals surface area contributed by atoms with E-state index in [2.05, 4.69) is 5.32 Å². The van der Waals surface area contributed by atoms with E-state index in [0.717, 1.165) is 24.2 Å². The van der Waals surface area contributed by atoms with Crippen LogP contribution in [0.1, 0.15) is 83.5 Å². The fourth-order valence-corrected chi connectivity index (χ4v) is 7.78. The first kappa shape index (κ1) is 14.3. The topological polar surface area (TPSA) is 32.3 Å². The lowest BCUT2D eigenvalue weighted by atomic mass is 9.52. The Bertz CT molecular complexity index is 410. The third kappa shape index (κ3) is 2.13. The van der Waals surface area contributed by atoms with Gasteiger partial charge in [0.1, 0.15) is 0 Å². The molecule has 0 aliphatic heterocycles. The van der Waals surface area contributed by atoms with Crippen LogP contribution in [0.2, 0.25) is 0 Å². The van der Waals surface area contributed by atoms with Gasteiger partial charge in [0, 0.05) is 11.6 Å². The number of hydrogen-bond acceptors (Lipinski definition) is 2. The van der Waals surface area contributed by atoms with Crippen LogP contribution in [-0.4, -0.2) is 22.3 Å². The van der Waals surface area contributed by atoms with Crippen molar-refractivity contribution >= 4 is 0 Å². The van der Waals surface area contributed by atoms with E-state index in [-0.39, 0.29) is 5.60 Å². The summed E-state index contributed by atoms with van der Waals surface area (Å²) in [5.74, 6) is 3.58. The Kier molecular flexibility index (Phi) is 3.22. The van der Waals surface area contributed by atoms with Crippen molar-refractivity contribution in [3.63, 3.8) is 0 Å². The summed E-state index contributed by atoms with van der Waals surface area (Å²) in [5, 5.41) is 15.6. The van der Waals surface area contributed by atoms with E-state index in [1.807, 2.05) is 0 Å². The van der Waals surface area contributed by atoms with Crippen molar-refractivity contribution in [2.75, 3.05) is 0 Å². The summed E-state index contributed by atoms with van der Waals surface area (Å²) in [6.07, 6.45) is 17.5. The van der Waals surface area contributed by atoms with Crippen molar-refractivity contribution < 1.29 is 5.11 Å². The van der Waals surface area contributed by atoms with Crippen LogP contribution in [0.5, 0.6) is 0 Å². The van der Waals surface area contributed by atoms with Crippen molar-refractivity contribution in [1.82, 2.24) is 5.32 Å². The van der Waals surface area contributed by atoms with Crippen LogP contribution in [0.15, 0.2) is 0 Å². The maximum absolute atomic E-state index is 11.5. The van der Waals surface area contributed by atoms with E-state index in [1.165, 1.54) is 77.0 Å². The van der Waals surface area contributed by atoms with E-state index in [9.17, 15) is 5.11 Å². The summed E-state index contributed by atoms with van der Waals surface area (Å²) < 4.78 is 0. The number of nitrogens with one attached hydrogen (secondary N) is 1. The van der Waals surface area contributed by atoms with E-state index in [0.29, 0.717) is 17.5 Å². The molecule has 6 aliphatic rings. The minimum atomic E-state index is -0.375. The molecule has 22 heavy (non-hydrogen) atoms. The zero-order chi connectivity index (χ0) is 14.8. The monoisotopic (exact) mass is 303 g/mol. The van der Waals surface area contributed by atoms with Gasteiger partial charge in [-0.25, -0.2) is 0 Å². The molecule has 2 N–H and O–H groups in total. The highest BCUT2D eigenvalue weighted by atomic mass is 16.3. The Balaban J connectivity index is 1.38. The first-order valence-electron chi connectivity index (χ1n) is 10.2. The second kappa shape index (κ2) is 4.96. The molecule has 6 saturated carbocycles. The van der Waals surface area contributed by atoms with Gasteiger partial charge in [-0.05, 0) is 87.9 Å². The maximum atomic E-state index is 11.5. The first-order valence-corrected chi connectivity index (χ1v) is 10.2. The molecular weight excluding hydrogens is 270 g/mol. The molecule has 0 spiro atoms. The number of hydrogen-bond donors (Lipinski definition) is 2. The molecule has 124 valence electrons. The normalized spacial score (nSPS) is 56.9. The van der Waals surface area contributed by atoms with Gasteiger partial charge in [-0.15, -0.1) is 0 Å². The van der Waals surface area contributed by atoms with Gasteiger partial charge in [-0.1, -0.05) is 19.3 Å². The number of rotatable bonds is 2. The Morgan fingerprint density at radius 3 is 2.09 bits per heavy atom. The molecule has 0 amide bonds. The predicted octanol–water partition coefficient (Wildman–Crippen LogP) is 4.02. The highest BCUT2D eigenvalue weighted by Crippen LogP contribution is 2.56. The summed E-state index contributed by atoms with van der Waals surface area (Å²) in [6.45, 7) is 0. The summed E-state index contributed by atoms with van der Waals surface area (Å²) in [4.78, 5) is 0. The molecule has 6 rings (SSSR count).